The summed E-state index contributed by atoms with van der Waals surface area (Å²) in [6.07, 6.45) is 2.19. The number of fused-ring (bicyclic) bond motifs is 2. The number of piperidine rings is 1. The highest BCUT2D eigenvalue weighted by atomic mass is 16.5. The monoisotopic (exact) mass is 442 g/mol. The number of hydrogen-bond acceptors (Lipinski definition) is 4. The van der Waals surface area contributed by atoms with Gasteiger partial charge in [0.1, 0.15) is 17.2 Å². The maximum atomic E-state index is 13.3. The molecule has 0 saturated carbocycles. The Labute approximate surface area is 195 Å². The number of carbonyl (C=O) groups is 1. The molecule has 0 unspecified atom stereocenters. The molecule has 1 saturated heterocycles. The van der Waals surface area contributed by atoms with Crippen molar-refractivity contribution in [2.24, 2.45) is 5.92 Å². The molecule has 1 amide bonds. The molecule has 170 valence electrons. The van der Waals surface area contributed by atoms with E-state index in [0.29, 0.717) is 5.92 Å². The Morgan fingerprint density at radius 1 is 0.939 bits per heavy atom. The van der Waals surface area contributed by atoms with Crippen molar-refractivity contribution in [2.45, 2.75) is 25.3 Å². The number of amides is 1. The molecule has 0 bridgehead atoms. The lowest BCUT2D eigenvalue weighted by Gasteiger charge is -2.33. The van der Waals surface area contributed by atoms with Gasteiger partial charge in [0, 0.05) is 24.2 Å². The second kappa shape index (κ2) is 9.67. The standard InChI is InChI=1S/C28H30N2O3/c1-32-22-12-10-21(11-13-22)19-30-16-14-20(15-17-30)18-29-28(31)27-23-6-2-4-8-25(23)33-26-9-5-3-7-24(26)27/h2-13,20,27H,14-19H2,1H3,(H,29,31). The number of carbonyl (C=O) groups excluding carboxylic acids is 1. The highest BCUT2D eigenvalue weighted by molar-refractivity contribution is 5.89. The van der Waals surface area contributed by atoms with Crippen LogP contribution < -0.4 is 14.8 Å². The molecule has 33 heavy (non-hydrogen) atoms. The van der Waals surface area contributed by atoms with Crippen LogP contribution in [0.4, 0.5) is 0 Å². The van der Waals surface area contributed by atoms with Crippen molar-refractivity contribution in [3.63, 3.8) is 0 Å². The molecule has 5 heteroatoms. The molecule has 0 aromatic heterocycles. The predicted molar refractivity (Wildman–Crippen MR) is 129 cm³/mol. The number of ether oxygens (including phenoxy) is 2. The van der Waals surface area contributed by atoms with Gasteiger partial charge in [-0.05, 0) is 61.7 Å². The van der Waals surface area contributed by atoms with E-state index in [1.165, 1.54) is 5.56 Å². The van der Waals surface area contributed by atoms with Crippen LogP contribution >= 0.6 is 0 Å². The van der Waals surface area contributed by atoms with E-state index in [4.69, 9.17) is 9.47 Å². The Kier molecular flexibility index (Phi) is 6.31. The van der Waals surface area contributed by atoms with Crippen molar-refractivity contribution >= 4 is 5.91 Å². The van der Waals surface area contributed by atoms with Crippen LogP contribution in [0.15, 0.2) is 72.8 Å². The number of hydrogen-bond donors (Lipinski definition) is 1. The summed E-state index contributed by atoms with van der Waals surface area (Å²) in [5.41, 5.74) is 3.17. The van der Waals surface area contributed by atoms with Crippen molar-refractivity contribution in [1.82, 2.24) is 10.2 Å². The number of methoxy groups -OCH3 is 1. The number of benzene rings is 3. The number of rotatable bonds is 6. The van der Waals surface area contributed by atoms with Crippen LogP contribution in [0.3, 0.4) is 0 Å². The Balaban J connectivity index is 1.17. The average Bonchev–Trinajstić information content (AvgIpc) is 2.87. The van der Waals surface area contributed by atoms with E-state index in [0.717, 1.165) is 67.4 Å². The van der Waals surface area contributed by atoms with Gasteiger partial charge in [-0.1, -0.05) is 48.5 Å². The largest absolute Gasteiger partial charge is 0.497 e. The molecular weight excluding hydrogens is 412 g/mol. The van der Waals surface area contributed by atoms with Gasteiger partial charge >= 0.3 is 0 Å². The summed E-state index contributed by atoms with van der Waals surface area (Å²) in [5, 5.41) is 3.25. The van der Waals surface area contributed by atoms with Gasteiger partial charge in [0.05, 0.1) is 13.0 Å². The van der Waals surface area contributed by atoms with Gasteiger partial charge in [-0.25, -0.2) is 0 Å². The minimum absolute atomic E-state index is 0.0545. The van der Waals surface area contributed by atoms with Gasteiger partial charge < -0.3 is 14.8 Å². The van der Waals surface area contributed by atoms with Crippen molar-refractivity contribution in [3.05, 3.63) is 89.5 Å². The van der Waals surface area contributed by atoms with E-state index in [-0.39, 0.29) is 11.8 Å². The summed E-state index contributed by atoms with van der Waals surface area (Å²) in [6.45, 7) is 3.78. The summed E-state index contributed by atoms with van der Waals surface area (Å²) in [4.78, 5) is 15.8. The Bertz CT molecular complexity index is 1060. The number of nitrogens with one attached hydrogen (secondary N) is 1. The molecule has 2 aliphatic rings. The number of nitrogens with zero attached hydrogens (tertiary/aromatic N) is 1. The van der Waals surface area contributed by atoms with E-state index in [1.807, 2.05) is 60.7 Å². The third-order valence-electron chi connectivity index (χ3n) is 6.78. The van der Waals surface area contributed by atoms with E-state index in [9.17, 15) is 4.79 Å². The Morgan fingerprint density at radius 2 is 1.55 bits per heavy atom. The van der Waals surface area contributed by atoms with Crippen LogP contribution in [0.1, 0.15) is 35.4 Å². The molecule has 5 rings (SSSR count). The summed E-state index contributed by atoms with van der Waals surface area (Å²) < 4.78 is 11.3. The molecule has 0 aliphatic carbocycles. The van der Waals surface area contributed by atoms with Crippen LogP contribution in [-0.4, -0.2) is 37.6 Å². The summed E-state index contributed by atoms with van der Waals surface area (Å²) in [5.74, 6) is 2.65. The second-order valence-electron chi connectivity index (χ2n) is 8.92. The average molecular weight is 443 g/mol. The summed E-state index contributed by atoms with van der Waals surface area (Å²) in [7, 11) is 1.69. The molecule has 2 aliphatic heterocycles. The summed E-state index contributed by atoms with van der Waals surface area (Å²) in [6, 6.07) is 24.0. The van der Waals surface area contributed by atoms with Gasteiger partial charge in [-0.2, -0.15) is 0 Å². The SMILES string of the molecule is COc1ccc(CN2CCC(CNC(=O)C3c4ccccc4Oc4ccccc43)CC2)cc1. The molecular formula is C28H30N2O3. The van der Waals surface area contributed by atoms with Crippen LogP contribution in [-0.2, 0) is 11.3 Å². The number of likely N-dealkylation sites (tertiary alicyclic amines) is 1. The van der Waals surface area contributed by atoms with Gasteiger partial charge in [0.25, 0.3) is 0 Å². The quantitative estimate of drug-likeness (QED) is 0.586. The van der Waals surface area contributed by atoms with Crippen LogP contribution in [0.25, 0.3) is 0 Å². The van der Waals surface area contributed by atoms with E-state index < -0.39 is 0 Å². The molecule has 3 aromatic rings. The minimum Gasteiger partial charge on any atom is -0.497 e. The fourth-order valence-corrected chi connectivity index (χ4v) is 4.88. The van der Waals surface area contributed by atoms with Gasteiger partial charge in [-0.3, -0.25) is 9.69 Å². The maximum absolute atomic E-state index is 13.3. The molecule has 5 nitrogen and oxygen atoms in total. The highest BCUT2D eigenvalue weighted by Gasteiger charge is 2.32. The lowest BCUT2D eigenvalue weighted by molar-refractivity contribution is -0.122. The van der Waals surface area contributed by atoms with Crippen LogP contribution in [0.5, 0.6) is 17.2 Å². The van der Waals surface area contributed by atoms with Gasteiger partial charge in [0.2, 0.25) is 5.91 Å². The first-order valence-corrected chi connectivity index (χ1v) is 11.7. The predicted octanol–water partition coefficient (Wildman–Crippen LogP) is 4.96. The Morgan fingerprint density at radius 3 is 2.15 bits per heavy atom. The van der Waals surface area contributed by atoms with Crippen molar-refractivity contribution in [3.8, 4) is 17.2 Å². The third kappa shape index (κ3) is 4.74. The second-order valence-corrected chi connectivity index (χ2v) is 8.92. The zero-order valence-electron chi connectivity index (χ0n) is 19.0. The van der Waals surface area contributed by atoms with E-state index in [2.05, 4.69) is 22.3 Å². The van der Waals surface area contributed by atoms with Gasteiger partial charge in [0.15, 0.2) is 0 Å². The van der Waals surface area contributed by atoms with Gasteiger partial charge in [-0.15, -0.1) is 0 Å². The fraction of sp³-hybridized carbons (Fsp3) is 0.321. The third-order valence-corrected chi connectivity index (χ3v) is 6.78. The van der Waals surface area contributed by atoms with Crippen molar-refractivity contribution in [1.29, 1.82) is 0 Å². The van der Waals surface area contributed by atoms with Crippen LogP contribution in [0.2, 0.25) is 0 Å². The Hall–Kier alpha value is -3.31. The molecule has 0 radical (unpaired) electrons. The first kappa shape index (κ1) is 21.5. The smallest absolute Gasteiger partial charge is 0.232 e. The first-order valence-electron chi connectivity index (χ1n) is 11.7. The number of para-hydroxylation sites is 2. The van der Waals surface area contributed by atoms with Crippen molar-refractivity contribution in [2.75, 3.05) is 26.7 Å². The zero-order valence-corrected chi connectivity index (χ0v) is 19.0. The zero-order chi connectivity index (χ0) is 22.6. The maximum Gasteiger partial charge on any atom is 0.232 e. The normalized spacial score (nSPS) is 16.4. The lowest BCUT2D eigenvalue weighted by atomic mass is 9.87. The highest BCUT2D eigenvalue weighted by Crippen LogP contribution is 2.43. The summed E-state index contributed by atoms with van der Waals surface area (Å²) >= 11 is 0. The van der Waals surface area contributed by atoms with E-state index >= 15 is 0 Å². The molecule has 0 atom stereocenters. The molecule has 2 heterocycles. The topological polar surface area (TPSA) is 50.8 Å². The molecule has 1 fully saturated rings. The molecule has 1 N–H and O–H groups in total. The molecule has 3 aromatic carbocycles. The first-order chi connectivity index (χ1) is 16.2. The van der Waals surface area contributed by atoms with Crippen LogP contribution in [0, 0.1) is 5.92 Å². The lowest BCUT2D eigenvalue weighted by Crippen LogP contribution is -2.40. The minimum atomic E-state index is -0.332. The van der Waals surface area contributed by atoms with Crippen molar-refractivity contribution < 1.29 is 14.3 Å². The van der Waals surface area contributed by atoms with E-state index in [1.54, 1.807) is 7.11 Å². The fourth-order valence-electron chi connectivity index (χ4n) is 4.88. The molecule has 0 spiro atoms.